The Hall–Kier alpha value is -3.55. The molecular formula is C16H20N9O4S+. The maximum atomic E-state index is 12.2. The van der Waals surface area contributed by atoms with E-state index in [1.165, 1.54) is 11.8 Å². The SMILES string of the molecule is CCOc1ccc(NC(=O)CSc2nnc(Cn3nnc([N+](=O)O)n3)n2CC)cc1. The fourth-order valence-corrected chi connectivity index (χ4v) is 3.31. The summed E-state index contributed by atoms with van der Waals surface area (Å²) in [6.07, 6.45) is 0. The minimum absolute atomic E-state index is 0.0978. The molecule has 2 heterocycles. The third-order valence-electron chi connectivity index (χ3n) is 3.79. The summed E-state index contributed by atoms with van der Waals surface area (Å²) in [6, 6.07) is 7.13. The van der Waals surface area contributed by atoms with Gasteiger partial charge in [-0.25, -0.2) is 0 Å². The molecule has 3 rings (SSSR count). The summed E-state index contributed by atoms with van der Waals surface area (Å²) in [5, 5.41) is 31.2. The number of rotatable bonds is 10. The van der Waals surface area contributed by atoms with Crippen molar-refractivity contribution in [2.24, 2.45) is 0 Å². The lowest BCUT2D eigenvalue weighted by molar-refractivity contribution is -0.734. The quantitative estimate of drug-likeness (QED) is 0.352. The molecule has 30 heavy (non-hydrogen) atoms. The van der Waals surface area contributed by atoms with E-state index in [-0.39, 0.29) is 18.2 Å². The van der Waals surface area contributed by atoms with Gasteiger partial charge in [0.05, 0.1) is 22.6 Å². The Morgan fingerprint density at radius 2 is 2.00 bits per heavy atom. The van der Waals surface area contributed by atoms with Gasteiger partial charge in [0, 0.05) is 17.4 Å². The molecule has 3 aromatic rings. The summed E-state index contributed by atoms with van der Waals surface area (Å²) in [5.41, 5.74) is 0.672. The van der Waals surface area contributed by atoms with Crippen LogP contribution in [0.25, 0.3) is 0 Å². The van der Waals surface area contributed by atoms with Crippen LogP contribution in [0.2, 0.25) is 0 Å². The monoisotopic (exact) mass is 434 g/mol. The maximum Gasteiger partial charge on any atom is 0.554 e. The van der Waals surface area contributed by atoms with Crippen LogP contribution >= 0.6 is 11.8 Å². The number of hydrogen-bond acceptors (Lipinski definition) is 9. The Kier molecular flexibility index (Phi) is 6.90. The first kappa shape index (κ1) is 21.2. The third kappa shape index (κ3) is 5.28. The van der Waals surface area contributed by atoms with E-state index in [9.17, 15) is 9.70 Å². The van der Waals surface area contributed by atoms with Gasteiger partial charge in [0.2, 0.25) is 5.91 Å². The lowest BCUT2D eigenvalue weighted by Gasteiger charge is -2.08. The minimum atomic E-state index is -0.474. The molecule has 0 fully saturated rings. The van der Waals surface area contributed by atoms with Gasteiger partial charge in [0.25, 0.3) is 0 Å². The van der Waals surface area contributed by atoms with Crippen LogP contribution in [0, 0.1) is 4.91 Å². The zero-order valence-electron chi connectivity index (χ0n) is 16.3. The van der Waals surface area contributed by atoms with Gasteiger partial charge in [-0.05, 0) is 43.0 Å². The third-order valence-corrected chi connectivity index (χ3v) is 4.75. The largest absolute Gasteiger partial charge is 0.554 e. The topological polar surface area (TPSA) is 153 Å². The van der Waals surface area contributed by atoms with Gasteiger partial charge in [0.1, 0.15) is 12.3 Å². The summed E-state index contributed by atoms with van der Waals surface area (Å²) < 4.78 is 7.17. The Bertz CT molecular complexity index is 1020. The molecule has 0 radical (unpaired) electrons. The molecule has 158 valence electrons. The summed E-state index contributed by atoms with van der Waals surface area (Å²) in [4.78, 5) is 23.7. The number of aromatic nitrogens is 7. The highest BCUT2D eigenvalue weighted by Gasteiger charge is 2.22. The molecule has 0 unspecified atom stereocenters. The highest BCUT2D eigenvalue weighted by Crippen LogP contribution is 2.19. The number of tetrazole rings is 1. The van der Waals surface area contributed by atoms with Gasteiger partial charge >= 0.3 is 5.95 Å². The number of thioether (sulfide) groups is 1. The zero-order chi connectivity index (χ0) is 21.5. The van der Waals surface area contributed by atoms with Crippen molar-refractivity contribution in [2.45, 2.75) is 32.1 Å². The fraction of sp³-hybridized carbons (Fsp3) is 0.375. The molecule has 1 amide bonds. The van der Waals surface area contributed by atoms with E-state index in [4.69, 9.17) is 9.94 Å². The lowest BCUT2D eigenvalue weighted by Crippen LogP contribution is -2.15. The highest BCUT2D eigenvalue weighted by atomic mass is 32.2. The molecule has 1 aromatic carbocycles. The van der Waals surface area contributed by atoms with Crippen molar-refractivity contribution in [1.29, 1.82) is 0 Å². The number of carbonyl (C=O) groups is 1. The average Bonchev–Trinajstić information content (AvgIpc) is 3.35. The number of benzene rings is 1. The van der Waals surface area contributed by atoms with Crippen LogP contribution in [-0.4, -0.2) is 63.4 Å². The number of amides is 1. The molecule has 13 nitrogen and oxygen atoms in total. The molecule has 0 spiro atoms. The minimum Gasteiger partial charge on any atom is -0.494 e. The number of hydrogen-bond donors (Lipinski definition) is 2. The molecule has 0 saturated heterocycles. The normalized spacial score (nSPS) is 10.7. The number of nitrogens with one attached hydrogen (secondary N) is 1. The number of nitrogens with zero attached hydrogens (tertiary/aromatic N) is 8. The van der Waals surface area contributed by atoms with Gasteiger partial charge in [0.15, 0.2) is 15.9 Å². The van der Waals surface area contributed by atoms with Crippen molar-refractivity contribution in [2.75, 3.05) is 17.7 Å². The molecule has 0 saturated carbocycles. The predicted molar refractivity (Wildman–Crippen MR) is 105 cm³/mol. The van der Waals surface area contributed by atoms with Crippen LogP contribution in [0.5, 0.6) is 5.75 Å². The Balaban J connectivity index is 1.58. The van der Waals surface area contributed by atoms with E-state index in [1.54, 1.807) is 28.8 Å². The average molecular weight is 434 g/mol. The second kappa shape index (κ2) is 9.78. The molecule has 14 heteroatoms. The number of anilines is 1. The molecule has 0 aliphatic rings. The number of ether oxygens (including phenoxy) is 1. The van der Waals surface area contributed by atoms with E-state index in [0.717, 1.165) is 10.5 Å². The lowest BCUT2D eigenvalue weighted by atomic mass is 10.3. The molecule has 2 aromatic heterocycles. The predicted octanol–water partition coefficient (Wildman–Crippen LogP) is 1.26. The molecule has 0 aliphatic heterocycles. The first-order chi connectivity index (χ1) is 14.5. The molecule has 0 aliphatic carbocycles. The van der Waals surface area contributed by atoms with Gasteiger partial charge in [-0.1, -0.05) is 16.6 Å². The van der Waals surface area contributed by atoms with Gasteiger partial charge in [-0.15, -0.1) is 10.2 Å². The Morgan fingerprint density at radius 3 is 2.63 bits per heavy atom. The van der Waals surface area contributed by atoms with Crippen molar-refractivity contribution < 1.29 is 19.7 Å². The van der Waals surface area contributed by atoms with Crippen molar-refractivity contribution in [1.82, 2.24) is 35.0 Å². The van der Waals surface area contributed by atoms with Crippen LogP contribution in [0.15, 0.2) is 29.4 Å². The van der Waals surface area contributed by atoms with E-state index in [2.05, 4.69) is 30.9 Å². The zero-order valence-corrected chi connectivity index (χ0v) is 17.1. The Morgan fingerprint density at radius 1 is 1.23 bits per heavy atom. The Labute approximate surface area is 175 Å². The van der Waals surface area contributed by atoms with Crippen molar-refractivity contribution >= 4 is 29.3 Å². The maximum absolute atomic E-state index is 12.2. The van der Waals surface area contributed by atoms with Gasteiger partial charge in [-0.2, -0.15) is 0 Å². The van der Waals surface area contributed by atoms with Crippen molar-refractivity contribution in [3.05, 3.63) is 35.0 Å². The molecule has 2 N–H and O–H groups in total. The van der Waals surface area contributed by atoms with Crippen molar-refractivity contribution in [3.8, 4) is 5.75 Å². The molecular weight excluding hydrogens is 414 g/mol. The number of carbonyl (C=O) groups excluding carboxylic acids is 1. The van der Waals surface area contributed by atoms with Crippen LogP contribution in [0.3, 0.4) is 0 Å². The second-order valence-corrected chi connectivity index (χ2v) is 6.77. The summed E-state index contributed by atoms with van der Waals surface area (Å²) in [7, 11) is 0. The first-order valence-electron chi connectivity index (χ1n) is 9.01. The van der Waals surface area contributed by atoms with E-state index < -0.39 is 10.9 Å². The van der Waals surface area contributed by atoms with Crippen LogP contribution in [-0.2, 0) is 17.9 Å². The van der Waals surface area contributed by atoms with E-state index in [0.29, 0.717) is 29.8 Å². The standard InChI is InChI=1S/C16H19N9O4S/c1-3-23-13(9-24-21-15(19-22-24)25(27)28)18-20-16(23)30-10-14(26)17-11-5-7-12(8-6-11)29-4-2/h5-8H,3-4,9-10H2,1-2H3,(H-,17,26,27,28)/p+1. The van der Waals surface area contributed by atoms with Crippen molar-refractivity contribution in [3.63, 3.8) is 0 Å². The first-order valence-corrected chi connectivity index (χ1v) is 10.00. The van der Waals surface area contributed by atoms with Crippen LogP contribution in [0.1, 0.15) is 19.7 Å². The highest BCUT2D eigenvalue weighted by molar-refractivity contribution is 7.99. The summed E-state index contributed by atoms with van der Waals surface area (Å²) >= 11 is 1.24. The van der Waals surface area contributed by atoms with Gasteiger partial charge in [-0.3, -0.25) is 4.79 Å². The van der Waals surface area contributed by atoms with Crippen LogP contribution < -0.4 is 10.1 Å². The van der Waals surface area contributed by atoms with Crippen LogP contribution in [0.4, 0.5) is 11.6 Å². The van der Waals surface area contributed by atoms with E-state index >= 15 is 0 Å². The molecule has 0 bridgehead atoms. The van der Waals surface area contributed by atoms with E-state index in [1.807, 2.05) is 13.8 Å². The summed E-state index contributed by atoms with van der Waals surface area (Å²) in [6.45, 7) is 5.04. The summed E-state index contributed by atoms with van der Waals surface area (Å²) in [5.74, 6) is 0.749. The fourth-order valence-electron chi connectivity index (χ4n) is 2.49. The van der Waals surface area contributed by atoms with Gasteiger partial charge < -0.3 is 19.8 Å². The smallest absolute Gasteiger partial charge is 0.494 e. The second-order valence-electron chi connectivity index (χ2n) is 5.83. The molecule has 0 atom stereocenters.